The van der Waals surface area contributed by atoms with E-state index < -0.39 is 23.1 Å². The fourth-order valence-electron chi connectivity index (χ4n) is 2.54. The van der Waals surface area contributed by atoms with Gasteiger partial charge in [0.05, 0.1) is 19.6 Å². The molecule has 1 rings (SSSR count). The Morgan fingerprint density at radius 3 is 1.84 bits per heavy atom. The average Bonchev–Trinajstić information content (AvgIpc) is 2.61. The van der Waals surface area contributed by atoms with E-state index in [0.29, 0.717) is 13.1 Å². The average molecular weight is 437 g/mol. The van der Waals surface area contributed by atoms with Crippen LogP contribution in [0.1, 0.15) is 47.1 Å². The third kappa shape index (κ3) is 14.2. The molecule has 1 aromatic rings. The molecule has 0 saturated heterocycles. The molecule has 0 unspecified atom stereocenters. The van der Waals surface area contributed by atoms with Gasteiger partial charge in [0.25, 0.3) is 0 Å². The zero-order chi connectivity index (χ0) is 23.5. The molecule has 8 heteroatoms. The SMILES string of the molecule is CC(C)(C)OC(=O)CN(CCNCC(=O)OCc1ccccc1)CC(=O)OC(C)(C)C. The topological polar surface area (TPSA) is 94.2 Å². The first-order chi connectivity index (χ1) is 14.3. The number of hydrogen-bond donors (Lipinski definition) is 1. The van der Waals surface area contributed by atoms with Crippen LogP contribution < -0.4 is 5.32 Å². The van der Waals surface area contributed by atoms with Gasteiger partial charge in [-0.05, 0) is 47.1 Å². The molecule has 0 fully saturated rings. The van der Waals surface area contributed by atoms with Gasteiger partial charge >= 0.3 is 17.9 Å². The van der Waals surface area contributed by atoms with E-state index in [1.165, 1.54) is 0 Å². The summed E-state index contributed by atoms with van der Waals surface area (Å²) in [4.78, 5) is 37.9. The van der Waals surface area contributed by atoms with Crippen LogP contribution in [0.5, 0.6) is 0 Å². The Morgan fingerprint density at radius 2 is 1.35 bits per heavy atom. The Balaban J connectivity index is 2.47. The maximum absolute atomic E-state index is 12.2. The van der Waals surface area contributed by atoms with Gasteiger partial charge in [-0.15, -0.1) is 0 Å². The van der Waals surface area contributed by atoms with Crippen molar-refractivity contribution in [3.05, 3.63) is 35.9 Å². The van der Waals surface area contributed by atoms with Crippen molar-refractivity contribution in [2.75, 3.05) is 32.7 Å². The Hall–Kier alpha value is -2.45. The van der Waals surface area contributed by atoms with Crippen LogP contribution in [0, 0.1) is 0 Å². The number of carbonyl (C=O) groups is 3. The molecule has 31 heavy (non-hydrogen) atoms. The molecule has 1 aromatic carbocycles. The highest BCUT2D eigenvalue weighted by atomic mass is 16.6. The lowest BCUT2D eigenvalue weighted by atomic mass is 10.2. The predicted octanol–water partition coefficient (Wildman–Crippen LogP) is 2.30. The molecular weight excluding hydrogens is 400 g/mol. The molecule has 0 aliphatic heterocycles. The van der Waals surface area contributed by atoms with Gasteiger partial charge in [-0.3, -0.25) is 19.3 Å². The molecule has 0 bridgehead atoms. The molecule has 1 N–H and O–H groups in total. The van der Waals surface area contributed by atoms with Crippen LogP contribution in [0.4, 0.5) is 0 Å². The summed E-state index contributed by atoms with van der Waals surface area (Å²) in [6.07, 6.45) is 0. The van der Waals surface area contributed by atoms with Crippen LogP contribution in [0.3, 0.4) is 0 Å². The monoisotopic (exact) mass is 436 g/mol. The van der Waals surface area contributed by atoms with E-state index in [1.807, 2.05) is 30.3 Å². The highest BCUT2D eigenvalue weighted by Crippen LogP contribution is 2.09. The Morgan fingerprint density at radius 1 is 0.839 bits per heavy atom. The third-order valence-electron chi connectivity index (χ3n) is 3.66. The van der Waals surface area contributed by atoms with Gasteiger partial charge in [-0.1, -0.05) is 30.3 Å². The smallest absolute Gasteiger partial charge is 0.320 e. The number of carbonyl (C=O) groups excluding carboxylic acids is 3. The molecule has 0 aliphatic carbocycles. The van der Waals surface area contributed by atoms with Crippen molar-refractivity contribution >= 4 is 17.9 Å². The van der Waals surface area contributed by atoms with Crippen molar-refractivity contribution in [3.8, 4) is 0 Å². The van der Waals surface area contributed by atoms with Gasteiger partial charge in [0, 0.05) is 13.1 Å². The molecule has 0 aliphatic rings. The summed E-state index contributed by atoms with van der Waals surface area (Å²) in [7, 11) is 0. The zero-order valence-corrected chi connectivity index (χ0v) is 19.5. The second-order valence-electron chi connectivity index (χ2n) is 9.21. The summed E-state index contributed by atoms with van der Waals surface area (Å²) >= 11 is 0. The van der Waals surface area contributed by atoms with Crippen LogP contribution in [0.25, 0.3) is 0 Å². The van der Waals surface area contributed by atoms with Gasteiger partial charge in [-0.2, -0.15) is 0 Å². The zero-order valence-electron chi connectivity index (χ0n) is 19.5. The predicted molar refractivity (Wildman–Crippen MR) is 117 cm³/mol. The lowest BCUT2D eigenvalue weighted by molar-refractivity contribution is -0.160. The number of rotatable bonds is 11. The van der Waals surface area contributed by atoms with Crippen LogP contribution in [-0.2, 0) is 35.2 Å². The molecule has 0 saturated carbocycles. The highest BCUT2D eigenvalue weighted by molar-refractivity contribution is 5.75. The largest absolute Gasteiger partial charge is 0.460 e. The number of esters is 3. The number of nitrogens with one attached hydrogen (secondary N) is 1. The minimum Gasteiger partial charge on any atom is -0.460 e. The highest BCUT2D eigenvalue weighted by Gasteiger charge is 2.23. The Labute approximate surface area is 185 Å². The minimum absolute atomic E-state index is 0.0273. The summed E-state index contributed by atoms with van der Waals surface area (Å²) in [6.45, 7) is 11.6. The van der Waals surface area contributed by atoms with Crippen LogP contribution >= 0.6 is 0 Å². The van der Waals surface area contributed by atoms with Crippen molar-refractivity contribution in [2.45, 2.75) is 59.4 Å². The molecule has 0 atom stereocenters. The second-order valence-corrected chi connectivity index (χ2v) is 9.21. The van der Waals surface area contributed by atoms with E-state index in [1.54, 1.807) is 46.4 Å². The molecule has 0 radical (unpaired) electrons. The number of hydrogen-bond acceptors (Lipinski definition) is 8. The van der Waals surface area contributed by atoms with Gasteiger partial charge < -0.3 is 19.5 Å². The molecule has 0 aromatic heterocycles. The first kappa shape index (κ1) is 26.6. The maximum Gasteiger partial charge on any atom is 0.320 e. The second kappa shape index (κ2) is 12.4. The van der Waals surface area contributed by atoms with Gasteiger partial charge in [0.2, 0.25) is 0 Å². The van der Waals surface area contributed by atoms with Gasteiger partial charge in [-0.25, -0.2) is 0 Å². The molecule has 0 heterocycles. The normalized spacial score (nSPS) is 11.8. The summed E-state index contributed by atoms with van der Waals surface area (Å²) < 4.78 is 15.9. The third-order valence-corrected chi connectivity index (χ3v) is 3.66. The van der Waals surface area contributed by atoms with Crippen molar-refractivity contribution in [3.63, 3.8) is 0 Å². The Bertz CT molecular complexity index is 677. The van der Waals surface area contributed by atoms with E-state index in [0.717, 1.165) is 5.56 Å². The summed E-state index contributed by atoms with van der Waals surface area (Å²) in [6, 6.07) is 9.42. The summed E-state index contributed by atoms with van der Waals surface area (Å²) in [5.74, 6) is -1.24. The van der Waals surface area contributed by atoms with Crippen molar-refractivity contribution in [2.24, 2.45) is 0 Å². The van der Waals surface area contributed by atoms with E-state index in [4.69, 9.17) is 14.2 Å². The van der Waals surface area contributed by atoms with Gasteiger partial charge in [0.1, 0.15) is 17.8 Å². The van der Waals surface area contributed by atoms with Crippen molar-refractivity contribution in [1.29, 1.82) is 0 Å². The first-order valence-corrected chi connectivity index (χ1v) is 10.4. The fourth-order valence-corrected chi connectivity index (χ4v) is 2.54. The summed E-state index contributed by atoms with van der Waals surface area (Å²) in [5.41, 5.74) is -0.318. The van der Waals surface area contributed by atoms with Crippen molar-refractivity contribution in [1.82, 2.24) is 10.2 Å². The lowest BCUT2D eigenvalue weighted by Gasteiger charge is -2.26. The van der Waals surface area contributed by atoms with Crippen molar-refractivity contribution < 1.29 is 28.6 Å². The van der Waals surface area contributed by atoms with Crippen LogP contribution in [0.15, 0.2) is 30.3 Å². The standard InChI is InChI=1S/C23H36N2O6/c1-22(2,3)30-20(27)15-25(16-21(28)31-23(4,5)6)13-12-24-14-19(26)29-17-18-10-8-7-9-11-18/h7-11,24H,12-17H2,1-6H3. The Kier molecular flexibility index (Phi) is 10.6. The molecule has 174 valence electrons. The molecule has 8 nitrogen and oxygen atoms in total. The summed E-state index contributed by atoms with van der Waals surface area (Å²) in [5, 5.41) is 2.97. The quantitative estimate of drug-likeness (QED) is 0.321. The van der Waals surface area contributed by atoms with E-state index in [9.17, 15) is 14.4 Å². The maximum atomic E-state index is 12.2. The minimum atomic E-state index is -0.616. The molecule has 0 amide bonds. The van der Waals surface area contributed by atoms with E-state index in [-0.39, 0.29) is 32.2 Å². The molecule has 0 spiro atoms. The number of nitrogens with zero attached hydrogens (tertiary/aromatic N) is 1. The molecular formula is C23H36N2O6. The van der Waals surface area contributed by atoms with Gasteiger partial charge in [0.15, 0.2) is 0 Å². The fraction of sp³-hybridized carbons (Fsp3) is 0.609. The number of benzene rings is 1. The van der Waals surface area contributed by atoms with Crippen LogP contribution in [0.2, 0.25) is 0 Å². The number of ether oxygens (including phenoxy) is 3. The van der Waals surface area contributed by atoms with E-state index in [2.05, 4.69) is 5.32 Å². The van der Waals surface area contributed by atoms with Crippen LogP contribution in [-0.4, -0.2) is 66.7 Å². The van der Waals surface area contributed by atoms with E-state index >= 15 is 0 Å². The first-order valence-electron chi connectivity index (χ1n) is 10.4. The lowest BCUT2D eigenvalue weighted by Crippen LogP contribution is -2.43.